The minimum absolute atomic E-state index is 0.402. The van der Waals surface area contributed by atoms with Crippen LogP contribution in [0.2, 0.25) is 0 Å². The summed E-state index contributed by atoms with van der Waals surface area (Å²) < 4.78 is 15.8. The van der Waals surface area contributed by atoms with Gasteiger partial charge in [0.1, 0.15) is 5.76 Å². The van der Waals surface area contributed by atoms with E-state index < -0.39 is 5.97 Å². The Hall–Kier alpha value is -2.42. The summed E-state index contributed by atoms with van der Waals surface area (Å²) in [4.78, 5) is 16.5. The molecule has 0 bridgehead atoms. The van der Waals surface area contributed by atoms with Gasteiger partial charge in [0.15, 0.2) is 5.11 Å². The third-order valence-electron chi connectivity index (χ3n) is 4.79. The fourth-order valence-corrected chi connectivity index (χ4v) is 3.49. The van der Waals surface area contributed by atoms with Crippen LogP contribution in [0.25, 0.3) is 0 Å². The number of rotatable bonds is 8. The van der Waals surface area contributed by atoms with E-state index in [0.29, 0.717) is 22.9 Å². The van der Waals surface area contributed by atoms with Gasteiger partial charge in [-0.25, -0.2) is 4.79 Å². The van der Waals surface area contributed by atoms with Gasteiger partial charge < -0.3 is 24.1 Å². The molecule has 0 saturated carbocycles. The lowest BCUT2D eigenvalue weighted by Crippen LogP contribution is -2.40. The number of para-hydroxylation sites is 1. The number of hydrogen-bond donors (Lipinski definition) is 1. The minimum Gasteiger partial charge on any atom is -0.467 e. The molecule has 156 valence electrons. The van der Waals surface area contributed by atoms with Gasteiger partial charge in [0.25, 0.3) is 0 Å². The molecule has 1 N–H and O–H groups in total. The molecule has 7 nitrogen and oxygen atoms in total. The van der Waals surface area contributed by atoms with Crippen LogP contribution in [0, 0.1) is 0 Å². The second kappa shape index (κ2) is 10.9. The molecule has 0 atom stereocenters. The summed E-state index contributed by atoms with van der Waals surface area (Å²) in [6, 6.07) is 11.0. The van der Waals surface area contributed by atoms with Crippen molar-refractivity contribution < 1.29 is 18.7 Å². The molecule has 0 amide bonds. The molecule has 0 spiro atoms. The van der Waals surface area contributed by atoms with Gasteiger partial charge in [0, 0.05) is 26.2 Å². The van der Waals surface area contributed by atoms with Gasteiger partial charge in [-0.05, 0) is 42.9 Å². The topological polar surface area (TPSA) is 67.2 Å². The molecule has 8 heteroatoms. The normalized spacial score (nSPS) is 14.4. The Morgan fingerprint density at radius 1 is 1.24 bits per heavy atom. The lowest BCUT2D eigenvalue weighted by molar-refractivity contribution is 0.0367. The second-order valence-corrected chi connectivity index (χ2v) is 7.16. The van der Waals surface area contributed by atoms with Crippen molar-refractivity contribution >= 4 is 29.0 Å². The molecule has 1 fully saturated rings. The van der Waals surface area contributed by atoms with Crippen molar-refractivity contribution in [1.29, 1.82) is 0 Å². The molecule has 0 radical (unpaired) electrons. The Kier molecular flexibility index (Phi) is 8.03. The van der Waals surface area contributed by atoms with Crippen LogP contribution < -0.4 is 5.32 Å². The molecule has 3 rings (SSSR count). The second-order valence-electron chi connectivity index (χ2n) is 6.78. The van der Waals surface area contributed by atoms with Crippen molar-refractivity contribution in [2.45, 2.75) is 13.0 Å². The molecule has 1 aliphatic rings. The molecule has 0 unspecified atom stereocenters. The standard InChI is InChI=1S/C21H27N3O4S/c1-26-20(25)18-7-2-3-8-19(18)22-21(29)24(16-17-6-4-13-28-17)10-5-9-23-11-14-27-15-12-23/h2-4,6-8,13H,5,9-12,14-16H2,1H3,(H,22,29). The number of ether oxygens (including phenoxy) is 2. The summed E-state index contributed by atoms with van der Waals surface area (Å²) in [5, 5.41) is 3.75. The van der Waals surface area contributed by atoms with Crippen LogP contribution in [0.15, 0.2) is 47.1 Å². The van der Waals surface area contributed by atoms with E-state index in [1.54, 1.807) is 18.4 Å². The third-order valence-corrected chi connectivity index (χ3v) is 5.15. The molecule has 1 aliphatic heterocycles. The monoisotopic (exact) mass is 417 g/mol. The highest BCUT2D eigenvalue weighted by Crippen LogP contribution is 2.18. The third kappa shape index (κ3) is 6.28. The van der Waals surface area contributed by atoms with E-state index in [1.165, 1.54) is 7.11 Å². The molecule has 2 aromatic rings. The first kappa shape index (κ1) is 21.3. The fraction of sp³-hybridized carbons (Fsp3) is 0.429. The Labute approximate surface area is 176 Å². The van der Waals surface area contributed by atoms with E-state index in [4.69, 9.17) is 26.1 Å². The Bertz CT molecular complexity index is 791. The Balaban J connectivity index is 1.64. The Morgan fingerprint density at radius 3 is 2.76 bits per heavy atom. The van der Waals surface area contributed by atoms with Crippen LogP contribution in [0.3, 0.4) is 0 Å². The van der Waals surface area contributed by atoms with Crippen LogP contribution in [0.5, 0.6) is 0 Å². The van der Waals surface area contributed by atoms with E-state index in [2.05, 4.69) is 15.1 Å². The van der Waals surface area contributed by atoms with Crippen molar-refractivity contribution in [3.8, 4) is 0 Å². The van der Waals surface area contributed by atoms with Crippen LogP contribution in [-0.4, -0.2) is 67.4 Å². The van der Waals surface area contributed by atoms with Gasteiger partial charge in [-0.15, -0.1) is 0 Å². The summed E-state index contributed by atoms with van der Waals surface area (Å²) in [6.45, 7) is 5.83. The maximum absolute atomic E-state index is 12.0. The van der Waals surface area contributed by atoms with Crippen LogP contribution >= 0.6 is 12.2 Å². The average Bonchev–Trinajstić information content (AvgIpc) is 3.27. The first-order valence-corrected chi connectivity index (χ1v) is 10.1. The van der Waals surface area contributed by atoms with Crippen molar-refractivity contribution in [1.82, 2.24) is 9.80 Å². The number of hydrogen-bond acceptors (Lipinski definition) is 6. The van der Waals surface area contributed by atoms with Crippen LogP contribution in [0.1, 0.15) is 22.5 Å². The van der Waals surface area contributed by atoms with E-state index in [0.717, 1.165) is 51.6 Å². The number of esters is 1. The zero-order valence-electron chi connectivity index (χ0n) is 16.6. The Morgan fingerprint density at radius 2 is 2.03 bits per heavy atom. The van der Waals surface area contributed by atoms with Crippen molar-refractivity contribution in [3.05, 3.63) is 54.0 Å². The number of carbonyl (C=O) groups excluding carboxylic acids is 1. The predicted molar refractivity (Wildman–Crippen MR) is 115 cm³/mol. The van der Waals surface area contributed by atoms with Gasteiger partial charge in [-0.2, -0.15) is 0 Å². The summed E-state index contributed by atoms with van der Waals surface area (Å²) in [6.07, 6.45) is 2.62. The largest absolute Gasteiger partial charge is 0.467 e. The summed E-state index contributed by atoms with van der Waals surface area (Å²) >= 11 is 5.67. The number of carbonyl (C=O) groups is 1. The maximum atomic E-state index is 12.0. The quantitative estimate of drug-likeness (QED) is 0.519. The van der Waals surface area contributed by atoms with Gasteiger partial charge in [-0.3, -0.25) is 4.90 Å². The fourth-order valence-electron chi connectivity index (χ4n) is 3.23. The van der Waals surface area contributed by atoms with Crippen molar-refractivity contribution in [3.63, 3.8) is 0 Å². The smallest absolute Gasteiger partial charge is 0.339 e. The van der Waals surface area contributed by atoms with Crippen LogP contribution in [0.4, 0.5) is 5.69 Å². The SMILES string of the molecule is COC(=O)c1ccccc1NC(=S)N(CCCN1CCOCC1)Cc1ccco1. The lowest BCUT2D eigenvalue weighted by Gasteiger charge is -2.29. The summed E-state index contributed by atoms with van der Waals surface area (Å²) in [5.41, 5.74) is 1.07. The van der Waals surface area contributed by atoms with Crippen LogP contribution in [-0.2, 0) is 16.0 Å². The molecule has 1 aromatic carbocycles. The zero-order chi connectivity index (χ0) is 20.5. The number of benzene rings is 1. The molecule has 1 saturated heterocycles. The molecule has 0 aliphatic carbocycles. The highest BCUT2D eigenvalue weighted by molar-refractivity contribution is 7.80. The average molecular weight is 418 g/mol. The van der Waals surface area contributed by atoms with Gasteiger partial charge in [0.2, 0.25) is 0 Å². The zero-order valence-corrected chi connectivity index (χ0v) is 17.5. The lowest BCUT2D eigenvalue weighted by atomic mass is 10.2. The maximum Gasteiger partial charge on any atom is 0.339 e. The predicted octanol–water partition coefficient (Wildman–Crippen LogP) is 2.99. The van der Waals surface area contributed by atoms with Crippen molar-refractivity contribution in [2.24, 2.45) is 0 Å². The molecule has 1 aromatic heterocycles. The van der Waals surface area contributed by atoms with E-state index in [9.17, 15) is 4.79 Å². The number of anilines is 1. The number of methoxy groups -OCH3 is 1. The van der Waals surface area contributed by atoms with E-state index in [-0.39, 0.29) is 0 Å². The first-order valence-electron chi connectivity index (χ1n) is 9.73. The van der Waals surface area contributed by atoms with Gasteiger partial charge in [0.05, 0.1) is 44.4 Å². The molecular formula is C21H27N3O4S. The number of nitrogens with one attached hydrogen (secondary N) is 1. The summed E-state index contributed by atoms with van der Waals surface area (Å²) in [7, 11) is 1.37. The number of furan rings is 1. The van der Waals surface area contributed by atoms with Crippen molar-refractivity contribution in [2.75, 3.05) is 51.8 Å². The first-order chi connectivity index (χ1) is 14.2. The summed E-state index contributed by atoms with van der Waals surface area (Å²) in [5.74, 6) is 0.433. The van der Waals surface area contributed by atoms with Gasteiger partial charge in [-0.1, -0.05) is 12.1 Å². The molecule has 2 heterocycles. The highest BCUT2D eigenvalue weighted by Gasteiger charge is 2.17. The van der Waals surface area contributed by atoms with E-state index >= 15 is 0 Å². The molecular weight excluding hydrogens is 390 g/mol. The number of thiocarbonyl (C=S) groups is 1. The highest BCUT2D eigenvalue weighted by atomic mass is 32.1. The van der Waals surface area contributed by atoms with E-state index in [1.807, 2.05) is 24.3 Å². The number of morpholine rings is 1. The van der Waals surface area contributed by atoms with Gasteiger partial charge >= 0.3 is 5.97 Å². The molecule has 29 heavy (non-hydrogen) atoms. The number of nitrogens with zero attached hydrogens (tertiary/aromatic N) is 2. The minimum atomic E-state index is -0.402.